The average molecular weight is 355 g/mol. The first-order chi connectivity index (χ1) is 12.7. The third kappa shape index (κ3) is 5.50. The molecule has 3 rings (SSSR count). The lowest BCUT2D eigenvalue weighted by Crippen LogP contribution is -2.39. The normalized spacial score (nSPS) is 14.8. The molecule has 0 atom stereocenters. The van der Waals surface area contributed by atoms with Crippen molar-refractivity contribution in [2.75, 3.05) is 44.7 Å². The highest BCUT2D eigenvalue weighted by atomic mass is 16.5. The molecule has 1 saturated heterocycles. The van der Waals surface area contributed by atoms with Crippen LogP contribution in [0.15, 0.2) is 36.7 Å². The number of rotatable bonds is 7. The van der Waals surface area contributed by atoms with Gasteiger partial charge in [-0.25, -0.2) is 9.97 Å². The van der Waals surface area contributed by atoms with E-state index >= 15 is 0 Å². The molecule has 1 aliphatic rings. The molecule has 1 aliphatic heterocycles. The summed E-state index contributed by atoms with van der Waals surface area (Å²) in [6.07, 6.45) is 1.41. The number of anilines is 1. The summed E-state index contributed by atoms with van der Waals surface area (Å²) in [6, 6.07) is 9.76. The molecule has 0 bridgehead atoms. The molecule has 7 nitrogen and oxygen atoms in total. The van der Waals surface area contributed by atoms with Crippen LogP contribution < -0.4 is 10.6 Å². The summed E-state index contributed by atoms with van der Waals surface area (Å²) in [5.41, 5.74) is 2.62. The van der Waals surface area contributed by atoms with E-state index in [-0.39, 0.29) is 5.91 Å². The third-order valence-corrected chi connectivity index (χ3v) is 4.31. The quantitative estimate of drug-likeness (QED) is 0.783. The molecule has 2 aromatic rings. The third-order valence-electron chi connectivity index (χ3n) is 4.31. The number of hydrogen-bond acceptors (Lipinski definition) is 6. The summed E-state index contributed by atoms with van der Waals surface area (Å²) in [5.74, 6) is 0.456. The lowest BCUT2D eigenvalue weighted by Gasteiger charge is -2.26. The SMILES string of the molecule is Cc1ccc(CNC(=O)c2cc(NCCN3CCOCC3)ncn2)cc1. The number of aromatic nitrogens is 2. The Morgan fingerprint density at radius 3 is 2.73 bits per heavy atom. The molecule has 0 saturated carbocycles. The number of nitrogens with one attached hydrogen (secondary N) is 2. The standard InChI is InChI=1S/C19H25N5O2/c1-15-2-4-16(5-3-15)13-21-19(25)17-12-18(23-14-22-17)20-6-7-24-8-10-26-11-9-24/h2-5,12,14H,6-11,13H2,1H3,(H,21,25)(H,20,22,23). The molecular formula is C19H25N5O2. The Hall–Kier alpha value is -2.51. The molecule has 0 aliphatic carbocycles. The minimum Gasteiger partial charge on any atom is -0.379 e. The van der Waals surface area contributed by atoms with Gasteiger partial charge in [0, 0.05) is 38.8 Å². The van der Waals surface area contributed by atoms with E-state index in [1.54, 1.807) is 6.07 Å². The van der Waals surface area contributed by atoms with Crippen LogP contribution in [0, 0.1) is 6.92 Å². The summed E-state index contributed by atoms with van der Waals surface area (Å²) in [4.78, 5) is 22.9. The van der Waals surface area contributed by atoms with Gasteiger partial charge in [-0.1, -0.05) is 29.8 Å². The van der Waals surface area contributed by atoms with Crippen LogP contribution in [0.4, 0.5) is 5.82 Å². The molecule has 2 N–H and O–H groups in total. The fraction of sp³-hybridized carbons (Fsp3) is 0.421. The van der Waals surface area contributed by atoms with Gasteiger partial charge in [0.05, 0.1) is 13.2 Å². The van der Waals surface area contributed by atoms with Crippen molar-refractivity contribution >= 4 is 11.7 Å². The fourth-order valence-electron chi connectivity index (χ4n) is 2.72. The Morgan fingerprint density at radius 2 is 1.96 bits per heavy atom. The van der Waals surface area contributed by atoms with E-state index in [4.69, 9.17) is 4.74 Å². The Kier molecular flexibility index (Phi) is 6.51. The maximum Gasteiger partial charge on any atom is 0.270 e. The van der Waals surface area contributed by atoms with Crippen LogP contribution in [0.25, 0.3) is 0 Å². The van der Waals surface area contributed by atoms with E-state index in [1.807, 2.05) is 31.2 Å². The van der Waals surface area contributed by atoms with Crippen molar-refractivity contribution in [1.29, 1.82) is 0 Å². The van der Waals surface area contributed by atoms with E-state index in [9.17, 15) is 4.79 Å². The predicted molar refractivity (Wildman–Crippen MR) is 100 cm³/mol. The summed E-state index contributed by atoms with van der Waals surface area (Å²) >= 11 is 0. The Morgan fingerprint density at radius 1 is 1.19 bits per heavy atom. The zero-order valence-corrected chi connectivity index (χ0v) is 15.1. The van der Waals surface area contributed by atoms with E-state index in [1.165, 1.54) is 11.9 Å². The number of aryl methyl sites for hydroxylation is 1. The predicted octanol–water partition coefficient (Wildman–Crippen LogP) is 1.46. The monoisotopic (exact) mass is 355 g/mol. The maximum absolute atomic E-state index is 12.3. The van der Waals surface area contributed by atoms with Crippen molar-refractivity contribution in [3.8, 4) is 0 Å². The van der Waals surface area contributed by atoms with Crippen LogP contribution in [0.1, 0.15) is 21.6 Å². The number of morpholine rings is 1. The first-order valence-electron chi connectivity index (χ1n) is 8.90. The molecule has 1 fully saturated rings. The van der Waals surface area contributed by atoms with Gasteiger partial charge in [0.1, 0.15) is 17.8 Å². The highest BCUT2D eigenvalue weighted by Crippen LogP contribution is 2.06. The van der Waals surface area contributed by atoms with E-state index in [0.717, 1.165) is 45.0 Å². The van der Waals surface area contributed by atoms with Crippen LogP contribution in [0.5, 0.6) is 0 Å². The Bertz CT molecular complexity index is 714. The average Bonchev–Trinajstić information content (AvgIpc) is 2.68. The summed E-state index contributed by atoms with van der Waals surface area (Å²) in [7, 11) is 0. The van der Waals surface area contributed by atoms with Crippen LogP contribution in [0.3, 0.4) is 0 Å². The Labute approximate surface area is 153 Å². The van der Waals surface area contributed by atoms with Gasteiger partial charge in [0.2, 0.25) is 0 Å². The van der Waals surface area contributed by atoms with E-state index in [2.05, 4.69) is 25.5 Å². The molecular weight excluding hydrogens is 330 g/mol. The van der Waals surface area contributed by atoms with Gasteiger partial charge in [-0.15, -0.1) is 0 Å². The topological polar surface area (TPSA) is 79.4 Å². The number of hydrogen-bond donors (Lipinski definition) is 2. The van der Waals surface area contributed by atoms with Crippen molar-refractivity contribution in [1.82, 2.24) is 20.2 Å². The zero-order chi connectivity index (χ0) is 18.2. The summed E-state index contributed by atoms with van der Waals surface area (Å²) < 4.78 is 5.34. The minimum absolute atomic E-state index is 0.204. The molecule has 7 heteroatoms. The number of benzene rings is 1. The number of carbonyl (C=O) groups is 1. The Balaban J connectivity index is 1.47. The number of carbonyl (C=O) groups excluding carboxylic acids is 1. The van der Waals surface area contributed by atoms with Crippen LogP contribution in [-0.4, -0.2) is 60.2 Å². The van der Waals surface area contributed by atoms with Gasteiger partial charge in [0.25, 0.3) is 5.91 Å². The molecule has 26 heavy (non-hydrogen) atoms. The van der Waals surface area contributed by atoms with Gasteiger partial charge >= 0.3 is 0 Å². The highest BCUT2D eigenvalue weighted by molar-refractivity contribution is 5.92. The molecule has 2 heterocycles. The fourth-order valence-corrected chi connectivity index (χ4v) is 2.72. The first kappa shape index (κ1) is 18.3. The van der Waals surface area contributed by atoms with Crippen molar-refractivity contribution in [2.24, 2.45) is 0 Å². The van der Waals surface area contributed by atoms with Gasteiger partial charge in [0.15, 0.2) is 0 Å². The number of ether oxygens (including phenoxy) is 1. The van der Waals surface area contributed by atoms with Gasteiger partial charge in [-0.3, -0.25) is 9.69 Å². The highest BCUT2D eigenvalue weighted by Gasteiger charge is 2.11. The second-order valence-electron chi connectivity index (χ2n) is 6.34. The van der Waals surface area contributed by atoms with Crippen molar-refractivity contribution in [2.45, 2.75) is 13.5 Å². The molecule has 1 aromatic heterocycles. The van der Waals surface area contributed by atoms with Crippen molar-refractivity contribution in [3.63, 3.8) is 0 Å². The molecule has 1 aromatic carbocycles. The van der Waals surface area contributed by atoms with Crippen LogP contribution >= 0.6 is 0 Å². The zero-order valence-electron chi connectivity index (χ0n) is 15.1. The molecule has 138 valence electrons. The lowest BCUT2D eigenvalue weighted by molar-refractivity contribution is 0.0398. The molecule has 0 radical (unpaired) electrons. The van der Waals surface area contributed by atoms with E-state index in [0.29, 0.717) is 18.1 Å². The molecule has 0 unspecified atom stereocenters. The molecule has 1 amide bonds. The first-order valence-corrected chi connectivity index (χ1v) is 8.90. The largest absolute Gasteiger partial charge is 0.379 e. The maximum atomic E-state index is 12.3. The lowest BCUT2D eigenvalue weighted by atomic mass is 10.1. The van der Waals surface area contributed by atoms with Gasteiger partial charge < -0.3 is 15.4 Å². The van der Waals surface area contributed by atoms with Crippen molar-refractivity contribution in [3.05, 3.63) is 53.5 Å². The second kappa shape index (κ2) is 9.26. The van der Waals surface area contributed by atoms with Gasteiger partial charge in [-0.05, 0) is 12.5 Å². The smallest absolute Gasteiger partial charge is 0.270 e. The van der Waals surface area contributed by atoms with Crippen LogP contribution in [-0.2, 0) is 11.3 Å². The van der Waals surface area contributed by atoms with Gasteiger partial charge in [-0.2, -0.15) is 0 Å². The molecule has 0 spiro atoms. The van der Waals surface area contributed by atoms with Crippen molar-refractivity contribution < 1.29 is 9.53 Å². The number of nitrogens with zero attached hydrogens (tertiary/aromatic N) is 3. The summed E-state index contributed by atoms with van der Waals surface area (Å²) in [5, 5.41) is 6.14. The van der Waals surface area contributed by atoms with Crippen LogP contribution in [0.2, 0.25) is 0 Å². The number of amides is 1. The summed E-state index contributed by atoms with van der Waals surface area (Å²) in [6.45, 7) is 7.69. The minimum atomic E-state index is -0.204. The van der Waals surface area contributed by atoms with E-state index < -0.39 is 0 Å². The second-order valence-corrected chi connectivity index (χ2v) is 6.34.